The molecule has 2 heterocycles. The molecule has 2 aromatic rings. The maximum Gasteiger partial charge on any atom is 0.471 e. The highest BCUT2D eigenvalue weighted by atomic mass is 19.4. The maximum absolute atomic E-state index is 12.5. The quantitative estimate of drug-likeness (QED) is 0.852. The van der Waals surface area contributed by atoms with Crippen LogP contribution in [0.15, 0.2) is 22.7 Å². The third-order valence-electron chi connectivity index (χ3n) is 3.06. The fraction of sp³-hybridized carbons (Fsp3) is 0.385. The highest BCUT2D eigenvalue weighted by molar-refractivity contribution is 5.62. The van der Waals surface area contributed by atoms with E-state index in [4.69, 9.17) is 4.74 Å². The van der Waals surface area contributed by atoms with Crippen molar-refractivity contribution in [2.75, 3.05) is 31.2 Å². The number of anilines is 1. The zero-order valence-corrected chi connectivity index (χ0v) is 10.9. The average molecular weight is 298 g/mol. The van der Waals surface area contributed by atoms with Gasteiger partial charge in [0.2, 0.25) is 5.82 Å². The van der Waals surface area contributed by atoms with Gasteiger partial charge < -0.3 is 14.2 Å². The van der Waals surface area contributed by atoms with E-state index in [0.717, 1.165) is 5.69 Å². The van der Waals surface area contributed by atoms with E-state index in [-0.39, 0.29) is 5.82 Å². The van der Waals surface area contributed by atoms with E-state index in [1.54, 1.807) is 18.2 Å². The summed E-state index contributed by atoms with van der Waals surface area (Å²) in [6, 6.07) is 7.96. The van der Waals surface area contributed by atoms with Crippen LogP contribution in [0.4, 0.5) is 18.9 Å². The van der Waals surface area contributed by atoms with Gasteiger partial charge in [0.05, 0.1) is 13.2 Å². The molecular weight excluding hydrogens is 287 g/mol. The van der Waals surface area contributed by atoms with E-state index >= 15 is 0 Å². The highest BCUT2D eigenvalue weighted by Crippen LogP contribution is 2.30. The van der Waals surface area contributed by atoms with Crippen molar-refractivity contribution in [1.29, 1.82) is 0 Å². The third-order valence-corrected chi connectivity index (χ3v) is 3.06. The third kappa shape index (κ3) is 2.99. The number of aromatic nitrogens is 2. The molecule has 1 radical (unpaired) electrons. The summed E-state index contributed by atoms with van der Waals surface area (Å²) in [7, 11) is 0. The van der Waals surface area contributed by atoms with Gasteiger partial charge in [-0.3, -0.25) is 0 Å². The molecular formula is C13H11F3N3O2. The predicted molar refractivity (Wildman–Crippen MR) is 66.6 cm³/mol. The first-order valence-electron chi connectivity index (χ1n) is 6.30. The molecule has 0 bridgehead atoms. The number of halogens is 3. The Hall–Kier alpha value is -2.09. The van der Waals surface area contributed by atoms with Crippen molar-refractivity contribution in [3.8, 4) is 11.4 Å². The lowest BCUT2D eigenvalue weighted by Crippen LogP contribution is -2.36. The number of ether oxygens (including phenoxy) is 1. The Labute approximate surface area is 118 Å². The molecule has 0 aliphatic carbocycles. The number of hydrogen-bond acceptors (Lipinski definition) is 5. The molecule has 0 atom stereocenters. The van der Waals surface area contributed by atoms with Gasteiger partial charge in [0.25, 0.3) is 0 Å². The van der Waals surface area contributed by atoms with Crippen LogP contribution in [0.3, 0.4) is 0 Å². The van der Waals surface area contributed by atoms with Gasteiger partial charge >= 0.3 is 12.1 Å². The van der Waals surface area contributed by atoms with E-state index in [9.17, 15) is 13.2 Å². The SMILES string of the molecule is FC(F)(F)c1nc(-c2cc[c]c(N3CCOCC3)c2)no1. The van der Waals surface area contributed by atoms with Crippen LogP contribution in [0.5, 0.6) is 0 Å². The molecule has 0 amide bonds. The van der Waals surface area contributed by atoms with Crippen molar-refractivity contribution in [3.63, 3.8) is 0 Å². The van der Waals surface area contributed by atoms with Crippen LogP contribution in [-0.4, -0.2) is 36.4 Å². The Morgan fingerprint density at radius 1 is 1.24 bits per heavy atom. The lowest BCUT2D eigenvalue weighted by atomic mass is 10.1. The van der Waals surface area contributed by atoms with Crippen LogP contribution in [-0.2, 0) is 10.9 Å². The number of morpholine rings is 1. The summed E-state index contributed by atoms with van der Waals surface area (Å²) in [6.07, 6.45) is -4.64. The van der Waals surface area contributed by atoms with Gasteiger partial charge in [0.1, 0.15) is 0 Å². The Kier molecular flexibility index (Phi) is 3.54. The number of nitrogens with zero attached hydrogens (tertiary/aromatic N) is 3. The zero-order chi connectivity index (χ0) is 14.9. The normalized spacial score (nSPS) is 16.2. The Bertz CT molecular complexity index is 621. The monoisotopic (exact) mass is 298 g/mol. The minimum atomic E-state index is -4.64. The molecule has 1 aliphatic rings. The first kappa shape index (κ1) is 13.9. The van der Waals surface area contributed by atoms with Crippen LogP contribution < -0.4 is 4.90 Å². The molecule has 3 rings (SSSR count). The van der Waals surface area contributed by atoms with Gasteiger partial charge in [-0.25, -0.2) is 0 Å². The number of benzene rings is 1. The standard InChI is InChI=1S/C13H11F3N3O2/c14-13(15,16)12-17-11(18-21-12)9-2-1-3-10(8-9)19-4-6-20-7-5-19/h1-2,8H,4-7H2. The maximum atomic E-state index is 12.5. The van der Waals surface area contributed by atoms with Crippen molar-refractivity contribution in [2.24, 2.45) is 0 Å². The summed E-state index contributed by atoms with van der Waals surface area (Å²) >= 11 is 0. The summed E-state index contributed by atoms with van der Waals surface area (Å²) < 4.78 is 46.9. The van der Waals surface area contributed by atoms with Crippen molar-refractivity contribution in [2.45, 2.75) is 6.18 Å². The minimum absolute atomic E-state index is 0.0918. The Balaban J connectivity index is 1.87. The van der Waals surface area contributed by atoms with Gasteiger partial charge in [-0.2, -0.15) is 18.2 Å². The van der Waals surface area contributed by atoms with E-state index in [1.165, 1.54) is 0 Å². The second-order valence-corrected chi connectivity index (χ2v) is 4.48. The molecule has 1 aliphatic heterocycles. The van der Waals surface area contributed by atoms with Crippen molar-refractivity contribution in [3.05, 3.63) is 30.2 Å². The number of alkyl halides is 3. The molecule has 21 heavy (non-hydrogen) atoms. The summed E-state index contributed by atoms with van der Waals surface area (Å²) in [5.74, 6) is -1.44. The van der Waals surface area contributed by atoms with Gasteiger partial charge in [-0.1, -0.05) is 17.3 Å². The molecule has 0 unspecified atom stereocenters. The van der Waals surface area contributed by atoms with Crippen LogP contribution in [0.25, 0.3) is 11.4 Å². The molecule has 0 saturated carbocycles. The van der Waals surface area contributed by atoms with Crippen LogP contribution in [0.2, 0.25) is 0 Å². The summed E-state index contributed by atoms with van der Waals surface area (Å²) in [5, 5.41) is 3.38. The van der Waals surface area contributed by atoms with Gasteiger partial charge in [0, 0.05) is 30.4 Å². The number of hydrogen-bond donors (Lipinski definition) is 0. The first-order chi connectivity index (χ1) is 10.0. The summed E-state index contributed by atoms with van der Waals surface area (Å²) in [5.41, 5.74) is 1.23. The fourth-order valence-corrected chi connectivity index (χ4v) is 2.04. The number of rotatable bonds is 2. The van der Waals surface area contributed by atoms with E-state index < -0.39 is 12.1 Å². The topological polar surface area (TPSA) is 51.4 Å². The molecule has 1 aromatic carbocycles. The van der Waals surface area contributed by atoms with Crippen LogP contribution >= 0.6 is 0 Å². The van der Waals surface area contributed by atoms with Crippen molar-refractivity contribution < 1.29 is 22.4 Å². The van der Waals surface area contributed by atoms with E-state index in [0.29, 0.717) is 31.9 Å². The lowest BCUT2D eigenvalue weighted by Gasteiger charge is -2.28. The average Bonchev–Trinajstić information content (AvgIpc) is 2.98. The van der Waals surface area contributed by atoms with Gasteiger partial charge in [-0.05, 0) is 6.07 Å². The second kappa shape index (κ2) is 5.36. The smallest absolute Gasteiger partial charge is 0.378 e. The lowest BCUT2D eigenvalue weighted by molar-refractivity contribution is -0.159. The molecule has 0 spiro atoms. The molecule has 0 N–H and O–H groups in total. The van der Waals surface area contributed by atoms with E-state index in [1.807, 2.05) is 4.90 Å². The molecule has 1 aromatic heterocycles. The summed E-state index contributed by atoms with van der Waals surface area (Å²) in [6.45, 7) is 2.64. The molecule has 8 heteroatoms. The van der Waals surface area contributed by atoms with Crippen LogP contribution in [0.1, 0.15) is 5.89 Å². The molecule has 111 valence electrons. The molecule has 1 fully saturated rings. The highest BCUT2D eigenvalue weighted by Gasteiger charge is 2.38. The Morgan fingerprint density at radius 3 is 2.67 bits per heavy atom. The largest absolute Gasteiger partial charge is 0.471 e. The van der Waals surface area contributed by atoms with Crippen LogP contribution in [0, 0.1) is 6.07 Å². The minimum Gasteiger partial charge on any atom is -0.378 e. The Morgan fingerprint density at radius 2 is 2.00 bits per heavy atom. The van der Waals surface area contributed by atoms with E-state index in [2.05, 4.69) is 20.7 Å². The zero-order valence-electron chi connectivity index (χ0n) is 10.9. The second-order valence-electron chi connectivity index (χ2n) is 4.48. The van der Waals surface area contributed by atoms with Gasteiger partial charge in [0.15, 0.2) is 0 Å². The molecule has 5 nitrogen and oxygen atoms in total. The molecule has 1 saturated heterocycles. The fourth-order valence-electron chi connectivity index (χ4n) is 2.04. The van der Waals surface area contributed by atoms with Crippen molar-refractivity contribution >= 4 is 5.69 Å². The summed E-state index contributed by atoms with van der Waals surface area (Å²) in [4.78, 5) is 5.42. The van der Waals surface area contributed by atoms with Crippen molar-refractivity contribution in [1.82, 2.24) is 10.1 Å². The predicted octanol–water partition coefficient (Wildman–Crippen LogP) is 2.39. The van der Waals surface area contributed by atoms with Gasteiger partial charge in [-0.15, -0.1) is 0 Å². The first-order valence-corrected chi connectivity index (χ1v) is 6.30.